The Morgan fingerprint density at radius 3 is 1.62 bits per heavy atom. The molecule has 0 saturated heterocycles. The summed E-state index contributed by atoms with van der Waals surface area (Å²) in [4.78, 5) is 0. The average Bonchev–Trinajstić information content (AvgIpc) is 2.53. The van der Waals surface area contributed by atoms with Gasteiger partial charge in [0.25, 0.3) is 0 Å². The molecule has 0 N–H and O–H groups in total. The van der Waals surface area contributed by atoms with Gasteiger partial charge >= 0.3 is 0 Å². The van der Waals surface area contributed by atoms with Crippen LogP contribution in [0.15, 0.2) is 0 Å². The van der Waals surface area contributed by atoms with Crippen molar-refractivity contribution in [3.63, 3.8) is 0 Å². The predicted octanol–water partition coefficient (Wildman–Crippen LogP) is 7.04. The Labute approximate surface area is 134 Å². The van der Waals surface area contributed by atoms with E-state index < -0.39 is 0 Å². The molecule has 0 aromatic carbocycles. The average molecular weight is 297 g/mol. The Balaban J connectivity index is 1.69. The van der Waals surface area contributed by atoms with Gasteiger partial charge in [-0.15, -0.1) is 0 Å². The second-order valence-electron chi connectivity index (χ2n) is 7.02. The highest BCUT2D eigenvalue weighted by molar-refractivity contribution is 4.64. The van der Waals surface area contributed by atoms with Crippen LogP contribution in [0.5, 0.6) is 0 Å². The van der Waals surface area contributed by atoms with Crippen molar-refractivity contribution in [2.45, 2.75) is 122 Å². The predicted molar refractivity (Wildman–Crippen MR) is 93.9 cm³/mol. The van der Waals surface area contributed by atoms with E-state index in [2.05, 4.69) is 6.92 Å². The van der Waals surface area contributed by atoms with Crippen molar-refractivity contribution in [2.24, 2.45) is 0 Å². The third kappa shape index (κ3) is 12.2. The molecule has 21 heavy (non-hydrogen) atoms. The summed E-state index contributed by atoms with van der Waals surface area (Å²) < 4.78 is 5.97. The normalized spacial score (nSPS) is 16.4. The lowest BCUT2D eigenvalue weighted by atomic mass is 9.98. The quantitative estimate of drug-likeness (QED) is 0.312. The Bertz CT molecular complexity index is 196. The minimum atomic E-state index is 0.603. The van der Waals surface area contributed by atoms with E-state index in [1.165, 1.54) is 109 Å². The molecule has 126 valence electrons. The largest absolute Gasteiger partial charge is 0.378 e. The highest BCUT2D eigenvalue weighted by Crippen LogP contribution is 2.20. The van der Waals surface area contributed by atoms with Crippen molar-refractivity contribution < 1.29 is 4.74 Å². The molecule has 1 fully saturated rings. The van der Waals surface area contributed by atoms with Gasteiger partial charge in [-0.3, -0.25) is 0 Å². The molecule has 0 bridgehead atoms. The number of ether oxygens (including phenoxy) is 1. The van der Waals surface area contributed by atoms with Crippen LogP contribution in [-0.2, 0) is 4.74 Å². The number of unbranched alkanes of at least 4 members (excludes halogenated alkanes) is 11. The molecule has 1 heteroatoms. The molecule has 1 saturated carbocycles. The molecule has 1 aliphatic rings. The Morgan fingerprint density at radius 1 is 0.619 bits per heavy atom. The lowest BCUT2D eigenvalue weighted by Crippen LogP contribution is -2.17. The van der Waals surface area contributed by atoms with Crippen LogP contribution in [0.1, 0.15) is 116 Å². The molecular weight excluding hydrogens is 256 g/mol. The van der Waals surface area contributed by atoms with E-state index in [9.17, 15) is 0 Å². The first-order valence-corrected chi connectivity index (χ1v) is 10.0. The van der Waals surface area contributed by atoms with Gasteiger partial charge in [-0.05, 0) is 19.3 Å². The number of rotatable bonds is 14. The monoisotopic (exact) mass is 296 g/mol. The van der Waals surface area contributed by atoms with Gasteiger partial charge in [0.05, 0.1) is 6.10 Å². The number of hydrogen-bond acceptors (Lipinski definition) is 1. The van der Waals surface area contributed by atoms with Crippen LogP contribution in [0.3, 0.4) is 0 Å². The van der Waals surface area contributed by atoms with Crippen LogP contribution < -0.4 is 0 Å². The Hall–Kier alpha value is -0.0400. The van der Waals surface area contributed by atoms with E-state index in [0.29, 0.717) is 6.10 Å². The van der Waals surface area contributed by atoms with Crippen molar-refractivity contribution in [3.8, 4) is 0 Å². The summed E-state index contributed by atoms with van der Waals surface area (Å²) in [6.45, 7) is 3.31. The molecule has 1 nitrogen and oxygen atoms in total. The van der Waals surface area contributed by atoms with E-state index in [4.69, 9.17) is 4.74 Å². The SMILES string of the molecule is CCCCCCCCCCCCCCOC1CCCCC1. The van der Waals surface area contributed by atoms with E-state index >= 15 is 0 Å². The lowest BCUT2D eigenvalue weighted by molar-refractivity contribution is 0.0263. The Morgan fingerprint density at radius 2 is 1.10 bits per heavy atom. The summed E-state index contributed by atoms with van der Waals surface area (Å²) in [5.41, 5.74) is 0. The van der Waals surface area contributed by atoms with Crippen LogP contribution in [0.2, 0.25) is 0 Å². The Kier molecular flexibility index (Phi) is 13.5. The van der Waals surface area contributed by atoms with E-state index in [1.807, 2.05) is 0 Å². The molecule has 1 aliphatic carbocycles. The molecule has 0 unspecified atom stereocenters. The van der Waals surface area contributed by atoms with Gasteiger partial charge in [-0.25, -0.2) is 0 Å². The van der Waals surface area contributed by atoms with Crippen LogP contribution in [0, 0.1) is 0 Å². The highest BCUT2D eigenvalue weighted by Gasteiger charge is 2.12. The molecular formula is C20H40O. The molecule has 0 aliphatic heterocycles. The zero-order valence-electron chi connectivity index (χ0n) is 14.7. The topological polar surface area (TPSA) is 9.23 Å². The third-order valence-corrected chi connectivity index (χ3v) is 4.90. The van der Waals surface area contributed by atoms with Crippen molar-refractivity contribution in [3.05, 3.63) is 0 Å². The minimum Gasteiger partial charge on any atom is -0.378 e. The summed E-state index contributed by atoms with van der Waals surface area (Å²) in [5, 5.41) is 0. The summed E-state index contributed by atoms with van der Waals surface area (Å²) in [5.74, 6) is 0. The maximum absolute atomic E-state index is 5.97. The van der Waals surface area contributed by atoms with E-state index in [-0.39, 0.29) is 0 Å². The zero-order chi connectivity index (χ0) is 15.0. The molecule has 0 heterocycles. The van der Waals surface area contributed by atoms with Gasteiger partial charge in [-0.2, -0.15) is 0 Å². The maximum atomic E-state index is 5.97. The van der Waals surface area contributed by atoms with Crippen LogP contribution in [-0.4, -0.2) is 12.7 Å². The highest BCUT2D eigenvalue weighted by atomic mass is 16.5. The third-order valence-electron chi connectivity index (χ3n) is 4.90. The van der Waals surface area contributed by atoms with Crippen molar-refractivity contribution in [2.75, 3.05) is 6.61 Å². The summed E-state index contributed by atoms with van der Waals surface area (Å²) in [6, 6.07) is 0. The summed E-state index contributed by atoms with van der Waals surface area (Å²) >= 11 is 0. The van der Waals surface area contributed by atoms with Crippen LogP contribution >= 0.6 is 0 Å². The molecule has 0 amide bonds. The fourth-order valence-electron chi connectivity index (χ4n) is 3.42. The fraction of sp³-hybridized carbons (Fsp3) is 1.00. The summed E-state index contributed by atoms with van der Waals surface area (Å²) in [7, 11) is 0. The summed E-state index contributed by atoms with van der Waals surface area (Å²) in [6.07, 6.45) is 24.6. The smallest absolute Gasteiger partial charge is 0.0575 e. The molecule has 0 radical (unpaired) electrons. The molecule has 1 rings (SSSR count). The van der Waals surface area contributed by atoms with Gasteiger partial charge in [0, 0.05) is 6.61 Å². The first kappa shape index (κ1) is 19.0. The van der Waals surface area contributed by atoms with Gasteiger partial charge in [0.2, 0.25) is 0 Å². The number of hydrogen-bond donors (Lipinski definition) is 0. The van der Waals surface area contributed by atoms with Crippen molar-refractivity contribution in [1.82, 2.24) is 0 Å². The molecule has 0 spiro atoms. The van der Waals surface area contributed by atoms with Crippen molar-refractivity contribution in [1.29, 1.82) is 0 Å². The van der Waals surface area contributed by atoms with E-state index in [0.717, 1.165) is 6.61 Å². The molecule has 0 aromatic rings. The fourth-order valence-corrected chi connectivity index (χ4v) is 3.42. The van der Waals surface area contributed by atoms with Gasteiger partial charge in [-0.1, -0.05) is 96.8 Å². The van der Waals surface area contributed by atoms with Crippen LogP contribution in [0.4, 0.5) is 0 Å². The lowest BCUT2D eigenvalue weighted by Gasteiger charge is -2.21. The second kappa shape index (κ2) is 14.9. The zero-order valence-corrected chi connectivity index (χ0v) is 14.7. The standard InChI is InChI=1S/C20H40O/c1-2-3-4-5-6-7-8-9-10-11-12-16-19-21-20-17-14-13-15-18-20/h20H,2-19H2,1H3. The van der Waals surface area contributed by atoms with E-state index in [1.54, 1.807) is 0 Å². The minimum absolute atomic E-state index is 0.603. The van der Waals surface area contributed by atoms with Gasteiger partial charge in [0.1, 0.15) is 0 Å². The van der Waals surface area contributed by atoms with Gasteiger partial charge in [0.15, 0.2) is 0 Å². The molecule has 0 atom stereocenters. The molecule has 0 aromatic heterocycles. The van der Waals surface area contributed by atoms with Crippen molar-refractivity contribution >= 4 is 0 Å². The van der Waals surface area contributed by atoms with Crippen LogP contribution in [0.25, 0.3) is 0 Å². The maximum Gasteiger partial charge on any atom is 0.0575 e. The van der Waals surface area contributed by atoms with Gasteiger partial charge < -0.3 is 4.74 Å². The second-order valence-corrected chi connectivity index (χ2v) is 7.02. The first-order chi connectivity index (χ1) is 10.4. The first-order valence-electron chi connectivity index (χ1n) is 10.0.